The molecule has 0 saturated carbocycles. The molecule has 0 spiro atoms. The lowest BCUT2D eigenvalue weighted by Gasteiger charge is -2.19. The third kappa shape index (κ3) is 2.59. The van der Waals surface area contributed by atoms with Crippen LogP contribution >= 0.6 is 11.6 Å². The molecular weight excluding hydrogens is 276 g/mol. The number of rotatable bonds is 3. The quantitative estimate of drug-likeness (QED) is 0.944. The molecule has 0 aliphatic carbocycles. The average Bonchev–Trinajstić information content (AvgIpc) is 2.85. The minimum Gasteiger partial charge on any atom is -0.377 e. The van der Waals surface area contributed by atoms with Crippen molar-refractivity contribution in [3.63, 3.8) is 0 Å². The molecule has 0 unspecified atom stereocenters. The number of nitrogens with zero attached hydrogens (tertiary/aromatic N) is 1. The third-order valence-electron chi connectivity index (χ3n) is 3.64. The molecule has 0 amide bonds. The van der Waals surface area contributed by atoms with E-state index in [4.69, 9.17) is 21.1 Å². The number of methoxy groups -OCH3 is 1. The molecule has 3 rings (SSSR count). The van der Waals surface area contributed by atoms with Crippen LogP contribution in [-0.2, 0) is 9.47 Å². The molecule has 1 fully saturated rings. The van der Waals surface area contributed by atoms with Crippen LogP contribution < -0.4 is 5.32 Å². The zero-order valence-electron chi connectivity index (χ0n) is 11.5. The summed E-state index contributed by atoms with van der Waals surface area (Å²) in [6.45, 7) is 3.32. The Morgan fingerprint density at radius 1 is 1.35 bits per heavy atom. The SMILES string of the molecule is CO[C@H]1COC[C@@H]1Nc1cc(C)c2ccc(Cl)cc2n1. The highest BCUT2D eigenvalue weighted by molar-refractivity contribution is 6.31. The second-order valence-electron chi connectivity index (χ2n) is 5.05. The molecule has 20 heavy (non-hydrogen) atoms. The highest BCUT2D eigenvalue weighted by atomic mass is 35.5. The van der Waals surface area contributed by atoms with Gasteiger partial charge in [0.15, 0.2) is 0 Å². The second-order valence-corrected chi connectivity index (χ2v) is 5.48. The Kier molecular flexibility index (Phi) is 3.78. The highest BCUT2D eigenvalue weighted by Gasteiger charge is 2.28. The molecule has 2 heterocycles. The number of aryl methyl sites for hydroxylation is 1. The zero-order valence-corrected chi connectivity index (χ0v) is 12.3. The largest absolute Gasteiger partial charge is 0.377 e. The van der Waals surface area contributed by atoms with E-state index in [2.05, 4.69) is 17.2 Å². The highest BCUT2D eigenvalue weighted by Crippen LogP contribution is 2.24. The van der Waals surface area contributed by atoms with Crippen LogP contribution in [0.25, 0.3) is 10.9 Å². The van der Waals surface area contributed by atoms with Crippen LogP contribution in [-0.4, -0.2) is 37.5 Å². The maximum absolute atomic E-state index is 6.04. The summed E-state index contributed by atoms with van der Waals surface area (Å²) in [7, 11) is 1.70. The molecule has 4 nitrogen and oxygen atoms in total. The van der Waals surface area contributed by atoms with Crippen LogP contribution in [0.2, 0.25) is 5.02 Å². The van der Waals surface area contributed by atoms with E-state index >= 15 is 0 Å². The van der Waals surface area contributed by atoms with E-state index in [-0.39, 0.29) is 12.1 Å². The topological polar surface area (TPSA) is 43.4 Å². The predicted octanol–water partition coefficient (Wildman–Crippen LogP) is 3.02. The van der Waals surface area contributed by atoms with Gasteiger partial charge in [-0.05, 0) is 30.7 Å². The monoisotopic (exact) mass is 292 g/mol. The lowest BCUT2D eigenvalue weighted by Crippen LogP contribution is -2.33. The maximum atomic E-state index is 6.04. The number of hydrogen-bond acceptors (Lipinski definition) is 4. The average molecular weight is 293 g/mol. The van der Waals surface area contributed by atoms with Gasteiger partial charge in [0.25, 0.3) is 0 Å². The summed E-state index contributed by atoms with van der Waals surface area (Å²) >= 11 is 6.04. The van der Waals surface area contributed by atoms with Crippen molar-refractivity contribution < 1.29 is 9.47 Å². The van der Waals surface area contributed by atoms with Crippen molar-refractivity contribution in [1.82, 2.24) is 4.98 Å². The molecule has 1 aliphatic heterocycles. The number of nitrogens with one attached hydrogen (secondary N) is 1. The normalized spacial score (nSPS) is 22.4. The standard InChI is InChI=1S/C15H17ClN2O2/c1-9-5-15(18-13-7-20-8-14(13)19-2)17-12-6-10(16)3-4-11(9)12/h3-6,13-14H,7-8H2,1-2H3,(H,17,18)/t13-,14-/m0/s1. The fraction of sp³-hybridized carbons (Fsp3) is 0.400. The van der Waals surface area contributed by atoms with E-state index in [0.29, 0.717) is 18.2 Å². The molecule has 1 aliphatic rings. The zero-order chi connectivity index (χ0) is 14.1. The van der Waals surface area contributed by atoms with Crippen molar-refractivity contribution >= 4 is 28.3 Å². The van der Waals surface area contributed by atoms with E-state index in [9.17, 15) is 0 Å². The summed E-state index contributed by atoms with van der Waals surface area (Å²) in [4.78, 5) is 4.62. The summed E-state index contributed by atoms with van der Waals surface area (Å²) < 4.78 is 10.8. The predicted molar refractivity (Wildman–Crippen MR) is 80.5 cm³/mol. The number of halogens is 1. The van der Waals surface area contributed by atoms with Crippen LogP contribution in [0.1, 0.15) is 5.56 Å². The van der Waals surface area contributed by atoms with Crippen molar-refractivity contribution in [2.45, 2.75) is 19.1 Å². The molecular formula is C15H17ClN2O2. The minimum atomic E-state index is 0.0622. The van der Waals surface area contributed by atoms with Gasteiger partial charge in [0, 0.05) is 17.5 Å². The Hall–Kier alpha value is -1.36. The van der Waals surface area contributed by atoms with Gasteiger partial charge in [0.05, 0.1) is 24.8 Å². The fourth-order valence-corrected chi connectivity index (χ4v) is 2.71. The Labute approximate surface area is 123 Å². The van der Waals surface area contributed by atoms with Gasteiger partial charge >= 0.3 is 0 Å². The summed E-state index contributed by atoms with van der Waals surface area (Å²) in [5, 5.41) is 5.20. The summed E-state index contributed by atoms with van der Waals surface area (Å²) in [5.41, 5.74) is 2.06. The number of fused-ring (bicyclic) bond motifs is 1. The number of hydrogen-bond donors (Lipinski definition) is 1. The van der Waals surface area contributed by atoms with Crippen LogP contribution in [0.15, 0.2) is 24.3 Å². The summed E-state index contributed by atoms with van der Waals surface area (Å²) in [6, 6.07) is 7.94. The smallest absolute Gasteiger partial charge is 0.127 e. The molecule has 1 aromatic carbocycles. The van der Waals surface area contributed by atoms with Crippen molar-refractivity contribution in [3.8, 4) is 0 Å². The third-order valence-corrected chi connectivity index (χ3v) is 3.88. The van der Waals surface area contributed by atoms with Gasteiger partial charge in [-0.1, -0.05) is 17.7 Å². The molecule has 0 bridgehead atoms. The summed E-state index contributed by atoms with van der Waals surface area (Å²) in [6.07, 6.45) is 0.0622. The molecule has 1 N–H and O–H groups in total. The van der Waals surface area contributed by atoms with Gasteiger partial charge in [-0.15, -0.1) is 0 Å². The minimum absolute atomic E-state index is 0.0622. The number of benzene rings is 1. The van der Waals surface area contributed by atoms with Gasteiger partial charge in [-0.3, -0.25) is 0 Å². The van der Waals surface area contributed by atoms with Crippen LogP contribution in [0, 0.1) is 6.92 Å². The van der Waals surface area contributed by atoms with Gasteiger partial charge < -0.3 is 14.8 Å². The number of pyridine rings is 1. The van der Waals surface area contributed by atoms with Gasteiger partial charge in [-0.25, -0.2) is 4.98 Å². The van der Waals surface area contributed by atoms with Crippen LogP contribution in [0.5, 0.6) is 0 Å². The van der Waals surface area contributed by atoms with Crippen molar-refractivity contribution in [2.24, 2.45) is 0 Å². The van der Waals surface area contributed by atoms with Crippen molar-refractivity contribution in [1.29, 1.82) is 0 Å². The first-order valence-corrected chi connectivity index (χ1v) is 6.99. The van der Waals surface area contributed by atoms with Gasteiger partial charge in [0.2, 0.25) is 0 Å². The van der Waals surface area contributed by atoms with E-state index in [1.165, 1.54) is 5.56 Å². The number of aromatic nitrogens is 1. The Morgan fingerprint density at radius 3 is 3.00 bits per heavy atom. The molecule has 106 valence electrons. The molecule has 1 aromatic heterocycles. The first-order valence-electron chi connectivity index (χ1n) is 6.61. The van der Waals surface area contributed by atoms with Crippen LogP contribution in [0.4, 0.5) is 5.82 Å². The lowest BCUT2D eigenvalue weighted by molar-refractivity contribution is 0.0795. The van der Waals surface area contributed by atoms with Crippen molar-refractivity contribution in [2.75, 3.05) is 25.6 Å². The Balaban J connectivity index is 1.92. The molecule has 5 heteroatoms. The first kappa shape index (κ1) is 13.6. The maximum Gasteiger partial charge on any atom is 0.127 e. The van der Waals surface area contributed by atoms with E-state index < -0.39 is 0 Å². The molecule has 2 aromatic rings. The van der Waals surface area contributed by atoms with E-state index in [1.54, 1.807) is 7.11 Å². The molecule has 2 atom stereocenters. The molecule has 0 radical (unpaired) electrons. The second kappa shape index (κ2) is 5.56. The fourth-order valence-electron chi connectivity index (χ4n) is 2.54. The van der Waals surface area contributed by atoms with E-state index in [1.807, 2.05) is 24.3 Å². The van der Waals surface area contributed by atoms with Gasteiger partial charge in [-0.2, -0.15) is 0 Å². The van der Waals surface area contributed by atoms with E-state index in [0.717, 1.165) is 16.7 Å². The number of ether oxygens (including phenoxy) is 2. The van der Waals surface area contributed by atoms with Crippen LogP contribution in [0.3, 0.4) is 0 Å². The lowest BCUT2D eigenvalue weighted by atomic mass is 10.1. The van der Waals surface area contributed by atoms with Gasteiger partial charge in [0.1, 0.15) is 11.9 Å². The first-order chi connectivity index (χ1) is 9.67. The molecule has 1 saturated heterocycles. The van der Waals surface area contributed by atoms with Crippen molar-refractivity contribution in [3.05, 3.63) is 34.9 Å². The Morgan fingerprint density at radius 2 is 2.20 bits per heavy atom. The number of anilines is 1. The summed E-state index contributed by atoms with van der Waals surface area (Å²) in [5.74, 6) is 0.829. The Bertz CT molecular complexity index is 633.